The lowest BCUT2D eigenvalue weighted by Crippen LogP contribution is -2.44. The van der Waals surface area contributed by atoms with E-state index < -0.39 is 34.6 Å². The number of carbonyl (C=O) groups is 3. The number of ether oxygens (including phenoxy) is 1. The van der Waals surface area contributed by atoms with Gasteiger partial charge in [-0.1, -0.05) is 0 Å². The Morgan fingerprint density at radius 1 is 1.24 bits per heavy atom. The number of thioether (sulfide) groups is 1. The summed E-state index contributed by atoms with van der Waals surface area (Å²) < 4.78 is 4.91. The SMILES string of the molecule is Cc1csc(CC(=O)NNC(=O)COC(=O)C(C)Sc2ccc([N+](=O)[O-])cc2)n1. The molecule has 154 valence electrons. The van der Waals surface area contributed by atoms with Crippen LogP contribution in [0.1, 0.15) is 17.6 Å². The van der Waals surface area contributed by atoms with Gasteiger partial charge in [0.1, 0.15) is 10.3 Å². The number of nitrogens with one attached hydrogen (secondary N) is 2. The Morgan fingerprint density at radius 3 is 2.48 bits per heavy atom. The molecule has 0 aliphatic rings. The van der Waals surface area contributed by atoms with Gasteiger partial charge < -0.3 is 4.74 Å². The van der Waals surface area contributed by atoms with E-state index in [1.807, 2.05) is 12.3 Å². The second kappa shape index (κ2) is 10.5. The number of esters is 1. The van der Waals surface area contributed by atoms with E-state index in [0.29, 0.717) is 9.90 Å². The number of nitro groups is 1. The number of nitrogens with zero attached hydrogens (tertiary/aromatic N) is 2. The van der Waals surface area contributed by atoms with Crippen LogP contribution in [0.4, 0.5) is 5.69 Å². The summed E-state index contributed by atoms with van der Waals surface area (Å²) in [4.78, 5) is 50.3. The molecule has 1 aromatic heterocycles. The summed E-state index contributed by atoms with van der Waals surface area (Å²) in [7, 11) is 0. The number of amides is 2. The Kier molecular flexibility index (Phi) is 8.09. The predicted molar refractivity (Wildman–Crippen MR) is 106 cm³/mol. The molecule has 0 saturated carbocycles. The minimum Gasteiger partial charge on any atom is -0.455 e. The first-order chi connectivity index (χ1) is 13.7. The van der Waals surface area contributed by atoms with Crippen LogP contribution in [0, 0.1) is 17.0 Å². The van der Waals surface area contributed by atoms with E-state index in [2.05, 4.69) is 15.8 Å². The van der Waals surface area contributed by atoms with Crippen molar-refractivity contribution < 1.29 is 24.0 Å². The van der Waals surface area contributed by atoms with Crippen LogP contribution in [-0.4, -0.2) is 39.5 Å². The highest BCUT2D eigenvalue weighted by Gasteiger charge is 2.18. The van der Waals surface area contributed by atoms with Crippen LogP contribution in [0.2, 0.25) is 0 Å². The van der Waals surface area contributed by atoms with Gasteiger partial charge in [0, 0.05) is 28.1 Å². The van der Waals surface area contributed by atoms with Crippen LogP contribution in [-0.2, 0) is 25.5 Å². The van der Waals surface area contributed by atoms with Crippen molar-refractivity contribution in [2.24, 2.45) is 0 Å². The van der Waals surface area contributed by atoms with Gasteiger partial charge in [-0.2, -0.15) is 0 Å². The van der Waals surface area contributed by atoms with E-state index in [0.717, 1.165) is 17.5 Å². The molecule has 10 nitrogen and oxygen atoms in total. The molecular formula is C17H18N4O6S2. The third-order valence-corrected chi connectivity index (χ3v) is 5.41. The molecule has 0 radical (unpaired) electrons. The van der Waals surface area contributed by atoms with Crippen molar-refractivity contribution >= 4 is 46.6 Å². The van der Waals surface area contributed by atoms with Crippen molar-refractivity contribution in [2.45, 2.75) is 30.4 Å². The Hall–Kier alpha value is -2.99. The van der Waals surface area contributed by atoms with E-state index in [4.69, 9.17) is 4.74 Å². The van der Waals surface area contributed by atoms with Crippen LogP contribution >= 0.6 is 23.1 Å². The molecule has 12 heteroatoms. The first-order valence-corrected chi connectivity index (χ1v) is 10.1. The van der Waals surface area contributed by atoms with Crippen LogP contribution in [0.3, 0.4) is 0 Å². The molecule has 2 N–H and O–H groups in total. The summed E-state index contributed by atoms with van der Waals surface area (Å²) in [5, 5.41) is 12.4. The van der Waals surface area contributed by atoms with Crippen molar-refractivity contribution in [3.63, 3.8) is 0 Å². The summed E-state index contributed by atoms with van der Waals surface area (Å²) in [5.74, 6) is -1.76. The molecule has 1 heterocycles. The van der Waals surface area contributed by atoms with Crippen LogP contribution in [0.15, 0.2) is 34.5 Å². The monoisotopic (exact) mass is 438 g/mol. The predicted octanol–water partition coefficient (Wildman–Crippen LogP) is 1.77. The van der Waals surface area contributed by atoms with E-state index in [1.54, 1.807) is 6.92 Å². The quantitative estimate of drug-likeness (QED) is 0.275. The highest BCUT2D eigenvalue weighted by atomic mass is 32.2. The number of hydrazine groups is 1. The Morgan fingerprint density at radius 2 is 1.90 bits per heavy atom. The van der Waals surface area contributed by atoms with Gasteiger partial charge in [0.25, 0.3) is 11.6 Å². The van der Waals surface area contributed by atoms with Crippen molar-refractivity contribution in [3.8, 4) is 0 Å². The molecule has 0 fully saturated rings. The number of nitro benzene ring substituents is 1. The molecule has 0 bridgehead atoms. The molecule has 0 aliphatic carbocycles. The Balaban J connectivity index is 1.69. The highest BCUT2D eigenvalue weighted by molar-refractivity contribution is 8.00. The van der Waals surface area contributed by atoms with Gasteiger partial charge in [-0.15, -0.1) is 23.1 Å². The molecule has 0 spiro atoms. The largest absolute Gasteiger partial charge is 0.455 e. The molecule has 1 unspecified atom stereocenters. The number of hydrogen-bond donors (Lipinski definition) is 2. The third-order valence-electron chi connectivity index (χ3n) is 3.36. The molecule has 2 aromatic rings. The number of rotatable bonds is 8. The van der Waals surface area contributed by atoms with Crippen molar-refractivity contribution in [1.82, 2.24) is 15.8 Å². The van der Waals surface area contributed by atoms with Crippen molar-refractivity contribution in [1.29, 1.82) is 0 Å². The number of aromatic nitrogens is 1. The van der Waals surface area contributed by atoms with Gasteiger partial charge in [0.2, 0.25) is 5.91 Å². The van der Waals surface area contributed by atoms with Crippen LogP contribution < -0.4 is 10.9 Å². The molecule has 0 aliphatic heterocycles. The summed E-state index contributed by atoms with van der Waals surface area (Å²) in [6.07, 6.45) is 0.0293. The first-order valence-electron chi connectivity index (χ1n) is 8.31. The van der Waals surface area contributed by atoms with E-state index in [-0.39, 0.29) is 12.1 Å². The number of thiazole rings is 1. The summed E-state index contributed by atoms with van der Waals surface area (Å²) in [6, 6.07) is 5.73. The van der Waals surface area contributed by atoms with Gasteiger partial charge in [0.05, 0.1) is 11.3 Å². The molecule has 29 heavy (non-hydrogen) atoms. The third kappa shape index (κ3) is 7.50. The summed E-state index contributed by atoms with van der Waals surface area (Å²) in [6.45, 7) is 2.85. The zero-order valence-corrected chi connectivity index (χ0v) is 17.2. The number of aryl methyl sites for hydroxylation is 1. The number of hydrogen-bond acceptors (Lipinski definition) is 9. The van der Waals surface area contributed by atoms with E-state index in [9.17, 15) is 24.5 Å². The maximum absolute atomic E-state index is 12.0. The van der Waals surface area contributed by atoms with Crippen molar-refractivity contribution in [3.05, 3.63) is 50.5 Å². The second-order valence-corrected chi connectivity index (χ2v) is 8.13. The molecule has 2 rings (SSSR count). The maximum atomic E-state index is 12.0. The first kappa shape index (κ1) is 22.3. The van der Waals surface area contributed by atoms with Gasteiger partial charge in [-0.05, 0) is 26.0 Å². The van der Waals surface area contributed by atoms with E-state index in [1.165, 1.54) is 35.6 Å². The van der Waals surface area contributed by atoms with Gasteiger partial charge in [0.15, 0.2) is 6.61 Å². The number of benzene rings is 1. The topological polar surface area (TPSA) is 141 Å². The summed E-state index contributed by atoms with van der Waals surface area (Å²) in [5.41, 5.74) is 5.15. The average molecular weight is 438 g/mol. The number of carbonyl (C=O) groups excluding carboxylic acids is 3. The van der Waals surface area contributed by atoms with Gasteiger partial charge in [-0.3, -0.25) is 35.3 Å². The second-order valence-electron chi connectivity index (χ2n) is 5.77. The lowest BCUT2D eigenvalue weighted by atomic mass is 10.3. The van der Waals surface area contributed by atoms with Gasteiger partial charge >= 0.3 is 5.97 Å². The zero-order valence-electron chi connectivity index (χ0n) is 15.5. The fourth-order valence-electron chi connectivity index (χ4n) is 1.99. The fourth-order valence-corrected chi connectivity index (χ4v) is 3.63. The zero-order chi connectivity index (χ0) is 21.4. The lowest BCUT2D eigenvalue weighted by Gasteiger charge is -2.11. The van der Waals surface area contributed by atoms with E-state index >= 15 is 0 Å². The molecule has 1 atom stereocenters. The highest BCUT2D eigenvalue weighted by Crippen LogP contribution is 2.25. The lowest BCUT2D eigenvalue weighted by molar-refractivity contribution is -0.384. The summed E-state index contributed by atoms with van der Waals surface area (Å²) >= 11 is 2.48. The smallest absolute Gasteiger partial charge is 0.319 e. The minimum absolute atomic E-state index is 0.0293. The van der Waals surface area contributed by atoms with Crippen molar-refractivity contribution in [2.75, 3.05) is 6.61 Å². The Labute approximate surface area is 174 Å². The van der Waals surface area contributed by atoms with Crippen LogP contribution in [0.25, 0.3) is 0 Å². The van der Waals surface area contributed by atoms with Gasteiger partial charge in [-0.25, -0.2) is 4.98 Å². The Bertz CT molecular complexity index is 900. The average Bonchev–Trinajstić information content (AvgIpc) is 3.09. The molecule has 2 amide bonds. The normalized spacial score (nSPS) is 11.4. The molecular weight excluding hydrogens is 420 g/mol. The van der Waals surface area contributed by atoms with Crippen LogP contribution in [0.5, 0.6) is 0 Å². The standard InChI is InChI=1S/C17H18N4O6S2/c1-10-9-28-16(18-10)7-14(22)19-20-15(23)8-27-17(24)11(2)29-13-5-3-12(4-6-13)21(25)26/h3-6,9,11H,7-8H2,1-2H3,(H,19,22)(H,20,23). The molecule has 1 aromatic carbocycles. The fraction of sp³-hybridized carbons (Fsp3) is 0.294. The maximum Gasteiger partial charge on any atom is 0.319 e. The minimum atomic E-state index is -0.686. The number of non-ortho nitro benzene ring substituents is 1. The molecule has 0 saturated heterocycles.